The molecule has 1 aromatic rings. The van der Waals surface area contributed by atoms with Gasteiger partial charge >= 0.3 is 0 Å². The lowest BCUT2D eigenvalue weighted by Gasteiger charge is -1.89. The lowest BCUT2D eigenvalue weighted by Crippen LogP contribution is -2.13. The van der Waals surface area contributed by atoms with E-state index in [0.717, 1.165) is 0 Å². The number of thioether (sulfide) groups is 1. The van der Waals surface area contributed by atoms with Crippen molar-refractivity contribution in [1.29, 1.82) is 0 Å². The molecule has 1 amide bonds. The number of nitrogens with zero attached hydrogens (tertiary/aromatic N) is 3. The standard InChI is InChI=1S/C5H8N4OS/c1-9-5(11-2)7-4(8-9)3(6)10/h1-2H3,(H2,6,10). The van der Waals surface area contributed by atoms with Crippen LogP contribution in [0.3, 0.4) is 0 Å². The van der Waals surface area contributed by atoms with Gasteiger partial charge in [-0.2, -0.15) is 4.98 Å². The molecule has 5 nitrogen and oxygen atoms in total. The molecule has 0 aliphatic heterocycles. The Morgan fingerprint density at radius 2 is 2.36 bits per heavy atom. The van der Waals surface area contributed by atoms with E-state index >= 15 is 0 Å². The summed E-state index contributed by atoms with van der Waals surface area (Å²) in [7, 11) is 1.71. The second-order valence-electron chi connectivity index (χ2n) is 1.91. The Labute approximate surface area is 68.0 Å². The fourth-order valence-corrected chi connectivity index (χ4v) is 1.14. The molecule has 0 atom stereocenters. The van der Waals surface area contributed by atoms with Crippen molar-refractivity contribution >= 4 is 17.7 Å². The normalized spacial score (nSPS) is 10.0. The predicted octanol–water partition coefficient (Wildman–Crippen LogP) is -0.364. The molecule has 0 saturated carbocycles. The summed E-state index contributed by atoms with van der Waals surface area (Å²) in [4.78, 5) is 14.4. The first-order chi connectivity index (χ1) is 5.15. The van der Waals surface area contributed by atoms with Crippen LogP contribution in [0, 0.1) is 0 Å². The summed E-state index contributed by atoms with van der Waals surface area (Å²) in [5.41, 5.74) is 4.96. The molecule has 0 aliphatic carbocycles. The monoisotopic (exact) mass is 172 g/mol. The molecule has 0 unspecified atom stereocenters. The number of rotatable bonds is 2. The zero-order chi connectivity index (χ0) is 8.43. The van der Waals surface area contributed by atoms with Crippen molar-refractivity contribution in [2.45, 2.75) is 5.16 Å². The smallest absolute Gasteiger partial charge is 0.288 e. The molecule has 0 bridgehead atoms. The molecule has 0 aliphatic rings. The largest absolute Gasteiger partial charge is 0.363 e. The lowest BCUT2D eigenvalue weighted by molar-refractivity contribution is 0.0990. The zero-order valence-corrected chi connectivity index (χ0v) is 7.05. The summed E-state index contributed by atoms with van der Waals surface area (Å²) < 4.78 is 1.52. The van der Waals surface area contributed by atoms with E-state index in [-0.39, 0.29) is 5.82 Å². The van der Waals surface area contributed by atoms with Gasteiger partial charge in [0, 0.05) is 7.05 Å². The van der Waals surface area contributed by atoms with Crippen LogP contribution in [0.4, 0.5) is 0 Å². The van der Waals surface area contributed by atoms with E-state index in [1.165, 1.54) is 16.4 Å². The Morgan fingerprint density at radius 1 is 1.73 bits per heavy atom. The van der Waals surface area contributed by atoms with E-state index < -0.39 is 5.91 Å². The summed E-state index contributed by atoms with van der Waals surface area (Å²) in [5, 5.41) is 4.47. The number of carbonyl (C=O) groups is 1. The van der Waals surface area contributed by atoms with Crippen LogP contribution < -0.4 is 5.73 Å². The van der Waals surface area contributed by atoms with Gasteiger partial charge in [-0.3, -0.25) is 4.79 Å². The van der Waals surface area contributed by atoms with Crippen LogP contribution in [0.2, 0.25) is 0 Å². The van der Waals surface area contributed by atoms with Crippen molar-refractivity contribution in [3.63, 3.8) is 0 Å². The third-order valence-corrected chi connectivity index (χ3v) is 1.85. The summed E-state index contributed by atoms with van der Waals surface area (Å²) in [5.74, 6) is -0.530. The van der Waals surface area contributed by atoms with Gasteiger partial charge in [-0.15, -0.1) is 5.10 Å². The maximum absolute atomic E-state index is 10.6. The van der Waals surface area contributed by atoms with E-state index in [0.29, 0.717) is 5.16 Å². The molecule has 0 spiro atoms. The van der Waals surface area contributed by atoms with Crippen LogP contribution in [0.15, 0.2) is 5.16 Å². The topological polar surface area (TPSA) is 73.8 Å². The number of aryl methyl sites for hydroxylation is 1. The molecule has 1 rings (SSSR count). The van der Waals surface area contributed by atoms with Gasteiger partial charge in [0.1, 0.15) is 0 Å². The van der Waals surface area contributed by atoms with Gasteiger partial charge in [0.2, 0.25) is 5.82 Å². The molecule has 0 radical (unpaired) electrons. The van der Waals surface area contributed by atoms with Gasteiger partial charge in [-0.25, -0.2) is 4.68 Å². The molecule has 1 aromatic heterocycles. The molecule has 0 fully saturated rings. The molecule has 2 N–H and O–H groups in total. The SMILES string of the molecule is CSc1nc(C(N)=O)nn1C. The summed E-state index contributed by atoms with van der Waals surface area (Å²) in [6.07, 6.45) is 1.86. The van der Waals surface area contributed by atoms with Crippen molar-refractivity contribution in [2.24, 2.45) is 12.8 Å². The molecule has 0 aromatic carbocycles. The number of carbonyl (C=O) groups excluding carboxylic acids is 1. The number of amides is 1. The van der Waals surface area contributed by atoms with Crippen LogP contribution in [0.25, 0.3) is 0 Å². The quantitative estimate of drug-likeness (QED) is 0.618. The molecular weight excluding hydrogens is 164 g/mol. The Kier molecular flexibility index (Phi) is 2.13. The van der Waals surface area contributed by atoms with Crippen molar-refractivity contribution < 1.29 is 4.79 Å². The predicted molar refractivity (Wildman–Crippen MR) is 41.3 cm³/mol. The van der Waals surface area contributed by atoms with E-state index in [4.69, 9.17) is 5.73 Å². The highest BCUT2D eigenvalue weighted by atomic mass is 32.2. The molecule has 6 heteroatoms. The van der Waals surface area contributed by atoms with Gasteiger partial charge < -0.3 is 5.73 Å². The van der Waals surface area contributed by atoms with Crippen molar-refractivity contribution in [2.75, 3.05) is 6.26 Å². The van der Waals surface area contributed by atoms with Crippen LogP contribution >= 0.6 is 11.8 Å². The fourth-order valence-electron chi connectivity index (χ4n) is 0.652. The van der Waals surface area contributed by atoms with Gasteiger partial charge in [0.15, 0.2) is 5.16 Å². The third-order valence-electron chi connectivity index (χ3n) is 1.13. The van der Waals surface area contributed by atoms with Crippen LogP contribution in [-0.2, 0) is 7.05 Å². The van der Waals surface area contributed by atoms with Gasteiger partial charge in [-0.1, -0.05) is 11.8 Å². The maximum atomic E-state index is 10.6. The number of hydrogen-bond acceptors (Lipinski definition) is 4. The highest BCUT2D eigenvalue weighted by Crippen LogP contribution is 2.09. The van der Waals surface area contributed by atoms with E-state index in [2.05, 4.69) is 10.1 Å². The molecular formula is C5H8N4OS. The van der Waals surface area contributed by atoms with Crippen molar-refractivity contribution in [1.82, 2.24) is 14.8 Å². The average molecular weight is 172 g/mol. The second kappa shape index (κ2) is 2.91. The summed E-state index contributed by atoms with van der Waals surface area (Å²) in [6, 6.07) is 0. The summed E-state index contributed by atoms with van der Waals surface area (Å²) >= 11 is 1.42. The van der Waals surface area contributed by atoms with Crippen LogP contribution in [-0.4, -0.2) is 26.9 Å². The Bertz CT molecular complexity index is 282. The van der Waals surface area contributed by atoms with Gasteiger partial charge in [0.25, 0.3) is 5.91 Å². The first-order valence-electron chi connectivity index (χ1n) is 2.90. The average Bonchev–Trinajstić information content (AvgIpc) is 2.31. The van der Waals surface area contributed by atoms with Crippen molar-refractivity contribution in [3.05, 3.63) is 5.82 Å². The van der Waals surface area contributed by atoms with E-state index in [1.54, 1.807) is 7.05 Å². The number of primary amides is 1. The van der Waals surface area contributed by atoms with E-state index in [9.17, 15) is 4.79 Å². The minimum Gasteiger partial charge on any atom is -0.363 e. The second-order valence-corrected chi connectivity index (χ2v) is 2.68. The number of aromatic nitrogens is 3. The molecule has 60 valence electrons. The van der Waals surface area contributed by atoms with Crippen LogP contribution in [0.5, 0.6) is 0 Å². The minimum absolute atomic E-state index is 0.0665. The highest BCUT2D eigenvalue weighted by Gasteiger charge is 2.09. The van der Waals surface area contributed by atoms with E-state index in [1.807, 2.05) is 6.26 Å². The minimum atomic E-state index is -0.596. The van der Waals surface area contributed by atoms with Crippen LogP contribution in [0.1, 0.15) is 10.6 Å². The number of hydrogen-bond donors (Lipinski definition) is 1. The maximum Gasteiger partial charge on any atom is 0.288 e. The first kappa shape index (κ1) is 8.06. The molecule has 0 saturated heterocycles. The number of nitrogens with two attached hydrogens (primary N) is 1. The lowest BCUT2D eigenvalue weighted by atomic mass is 10.6. The Hall–Kier alpha value is -1.04. The molecule has 1 heterocycles. The van der Waals surface area contributed by atoms with Gasteiger partial charge in [0.05, 0.1) is 0 Å². The van der Waals surface area contributed by atoms with Gasteiger partial charge in [-0.05, 0) is 6.26 Å². The highest BCUT2D eigenvalue weighted by molar-refractivity contribution is 7.98. The third kappa shape index (κ3) is 1.51. The zero-order valence-electron chi connectivity index (χ0n) is 6.24. The Balaban J connectivity index is 3.05. The fraction of sp³-hybridized carbons (Fsp3) is 0.400. The molecule has 11 heavy (non-hydrogen) atoms. The Morgan fingerprint density at radius 3 is 2.64 bits per heavy atom. The van der Waals surface area contributed by atoms with Crippen molar-refractivity contribution in [3.8, 4) is 0 Å². The summed E-state index contributed by atoms with van der Waals surface area (Å²) in [6.45, 7) is 0. The first-order valence-corrected chi connectivity index (χ1v) is 4.12.